The van der Waals surface area contributed by atoms with Gasteiger partial charge in [0.15, 0.2) is 0 Å². The van der Waals surface area contributed by atoms with Crippen LogP contribution in [0, 0.1) is 19.8 Å². The van der Waals surface area contributed by atoms with Crippen molar-refractivity contribution in [1.29, 1.82) is 0 Å². The molecule has 21 heavy (non-hydrogen) atoms. The van der Waals surface area contributed by atoms with Gasteiger partial charge < -0.3 is 5.32 Å². The predicted molar refractivity (Wildman–Crippen MR) is 89.8 cm³/mol. The maximum Gasteiger partial charge on any atom is 0.0124 e. The molecule has 1 saturated heterocycles. The molecule has 0 unspecified atom stereocenters. The van der Waals surface area contributed by atoms with E-state index in [1.54, 1.807) is 0 Å². The molecule has 1 nitrogen and oxygen atoms in total. The van der Waals surface area contributed by atoms with E-state index in [-0.39, 0.29) is 0 Å². The van der Waals surface area contributed by atoms with Crippen molar-refractivity contribution in [3.8, 4) is 0 Å². The lowest BCUT2D eigenvalue weighted by molar-refractivity contribution is 0.341. The van der Waals surface area contributed by atoms with Crippen molar-refractivity contribution in [3.63, 3.8) is 0 Å². The molecule has 0 aromatic heterocycles. The average molecular weight is 279 g/mol. The highest BCUT2D eigenvalue weighted by atomic mass is 14.9. The number of piperidine rings is 1. The number of hydrogen-bond donors (Lipinski definition) is 1. The van der Waals surface area contributed by atoms with Gasteiger partial charge in [-0.25, -0.2) is 0 Å². The fraction of sp³-hybridized carbons (Fsp3) is 0.400. The molecule has 3 rings (SSSR count). The van der Waals surface area contributed by atoms with E-state index in [0.717, 1.165) is 19.0 Å². The van der Waals surface area contributed by atoms with Crippen molar-refractivity contribution < 1.29 is 0 Å². The van der Waals surface area contributed by atoms with Crippen LogP contribution in [0.2, 0.25) is 0 Å². The number of rotatable bonds is 3. The standard InChI is InChI=1S/C20H25N/c1-15-7-3-5-9-18(15)20(17-11-13-21-14-12-17)19-10-6-4-8-16(19)2/h3-10,17,20-21H,11-14H2,1-2H3. The van der Waals surface area contributed by atoms with Crippen LogP contribution in [-0.4, -0.2) is 13.1 Å². The molecule has 0 saturated carbocycles. The van der Waals surface area contributed by atoms with E-state index < -0.39 is 0 Å². The van der Waals surface area contributed by atoms with Crippen molar-refractivity contribution >= 4 is 0 Å². The third kappa shape index (κ3) is 3.03. The largest absolute Gasteiger partial charge is 0.317 e. The normalized spacial score (nSPS) is 16.3. The van der Waals surface area contributed by atoms with E-state index in [9.17, 15) is 0 Å². The molecular formula is C20H25N. The van der Waals surface area contributed by atoms with Crippen molar-refractivity contribution in [3.05, 3.63) is 70.8 Å². The Balaban J connectivity index is 2.07. The highest BCUT2D eigenvalue weighted by molar-refractivity contribution is 5.41. The monoisotopic (exact) mass is 279 g/mol. The van der Waals surface area contributed by atoms with Crippen molar-refractivity contribution in [2.24, 2.45) is 5.92 Å². The average Bonchev–Trinajstić information content (AvgIpc) is 2.52. The Kier molecular flexibility index (Phi) is 4.40. The van der Waals surface area contributed by atoms with Crippen molar-refractivity contribution in [1.82, 2.24) is 5.32 Å². The molecule has 0 amide bonds. The second kappa shape index (κ2) is 6.44. The summed E-state index contributed by atoms with van der Waals surface area (Å²) in [7, 11) is 0. The van der Waals surface area contributed by atoms with Crippen LogP contribution in [0.25, 0.3) is 0 Å². The first-order valence-electron chi connectivity index (χ1n) is 8.09. The van der Waals surface area contributed by atoms with E-state index in [1.807, 2.05) is 0 Å². The highest BCUT2D eigenvalue weighted by Crippen LogP contribution is 2.39. The minimum absolute atomic E-state index is 0.537. The molecule has 0 aliphatic carbocycles. The number of nitrogens with one attached hydrogen (secondary N) is 1. The van der Waals surface area contributed by atoms with Crippen LogP contribution >= 0.6 is 0 Å². The lowest BCUT2D eigenvalue weighted by Crippen LogP contribution is -2.31. The Labute approximate surface area is 128 Å². The molecule has 110 valence electrons. The summed E-state index contributed by atoms with van der Waals surface area (Å²) in [6.45, 7) is 6.81. The van der Waals surface area contributed by atoms with Gasteiger partial charge in [-0.3, -0.25) is 0 Å². The summed E-state index contributed by atoms with van der Waals surface area (Å²) >= 11 is 0. The van der Waals surface area contributed by atoms with Gasteiger partial charge in [-0.15, -0.1) is 0 Å². The summed E-state index contributed by atoms with van der Waals surface area (Å²) in [5.41, 5.74) is 5.87. The first-order chi connectivity index (χ1) is 10.3. The van der Waals surface area contributed by atoms with Crippen LogP contribution in [0.1, 0.15) is 41.0 Å². The van der Waals surface area contributed by atoms with Crippen LogP contribution < -0.4 is 5.32 Å². The molecule has 0 atom stereocenters. The molecule has 1 aliphatic heterocycles. The molecule has 0 spiro atoms. The molecule has 0 radical (unpaired) electrons. The van der Waals surface area contributed by atoms with E-state index in [2.05, 4.69) is 67.7 Å². The van der Waals surface area contributed by atoms with Gasteiger partial charge in [0.05, 0.1) is 0 Å². The van der Waals surface area contributed by atoms with Gasteiger partial charge in [0.1, 0.15) is 0 Å². The summed E-state index contributed by atoms with van der Waals surface area (Å²) in [4.78, 5) is 0. The lowest BCUT2D eigenvalue weighted by Gasteiger charge is -2.33. The molecule has 2 aromatic rings. The van der Waals surface area contributed by atoms with Gasteiger partial charge in [0.25, 0.3) is 0 Å². The SMILES string of the molecule is Cc1ccccc1C(c1ccccc1C)C1CCNCC1. The Hall–Kier alpha value is -1.60. The lowest BCUT2D eigenvalue weighted by atomic mass is 9.74. The third-order valence-electron chi connectivity index (χ3n) is 4.90. The molecule has 1 heteroatoms. The summed E-state index contributed by atoms with van der Waals surface area (Å²) in [5.74, 6) is 1.28. The predicted octanol–water partition coefficient (Wildman–Crippen LogP) is 4.43. The molecule has 1 heterocycles. The van der Waals surface area contributed by atoms with Crippen LogP contribution in [0.15, 0.2) is 48.5 Å². The minimum Gasteiger partial charge on any atom is -0.317 e. The zero-order valence-electron chi connectivity index (χ0n) is 13.1. The van der Waals surface area contributed by atoms with Crippen LogP contribution in [-0.2, 0) is 0 Å². The number of hydrogen-bond acceptors (Lipinski definition) is 1. The van der Waals surface area contributed by atoms with Crippen LogP contribution in [0.4, 0.5) is 0 Å². The van der Waals surface area contributed by atoms with Gasteiger partial charge in [-0.05, 0) is 68.0 Å². The van der Waals surface area contributed by atoms with Gasteiger partial charge in [0.2, 0.25) is 0 Å². The number of aryl methyl sites for hydroxylation is 2. The van der Waals surface area contributed by atoms with Gasteiger partial charge in [-0.2, -0.15) is 0 Å². The molecule has 1 fully saturated rings. The summed E-state index contributed by atoms with van der Waals surface area (Å²) < 4.78 is 0. The summed E-state index contributed by atoms with van der Waals surface area (Å²) in [6, 6.07) is 17.8. The maximum atomic E-state index is 3.50. The molecule has 1 aliphatic rings. The minimum atomic E-state index is 0.537. The molecule has 0 bridgehead atoms. The maximum absolute atomic E-state index is 3.50. The fourth-order valence-electron chi connectivity index (χ4n) is 3.72. The fourth-order valence-corrected chi connectivity index (χ4v) is 3.72. The Morgan fingerprint density at radius 1 is 0.810 bits per heavy atom. The summed E-state index contributed by atoms with van der Waals surface area (Å²) in [6.07, 6.45) is 2.54. The van der Waals surface area contributed by atoms with Gasteiger partial charge in [-0.1, -0.05) is 48.5 Å². The third-order valence-corrected chi connectivity index (χ3v) is 4.90. The van der Waals surface area contributed by atoms with E-state index in [0.29, 0.717) is 5.92 Å². The Morgan fingerprint density at radius 3 is 1.76 bits per heavy atom. The topological polar surface area (TPSA) is 12.0 Å². The second-order valence-electron chi connectivity index (χ2n) is 6.28. The Morgan fingerprint density at radius 2 is 1.29 bits per heavy atom. The number of benzene rings is 2. The second-order valence-corrected chi connectivity index (χ2v) is 6.28. The molecular weight excluding hydrogens is 254 g/mol. The first kappa shape index (κ1) is 14.3. The van der Waals surface area contributed by atoms with E-state index >= 15 is 0 Å². The summed E-state index contributed by atoms with van der Waals surface area (Å²) in [5, 5.41) is 3.50. The smallest absolute Gasteiger partial charge is 0.0124 e. The Bertz CT molecular complexity index is 551. The van der Waals surface area contributed by atoms with Crippen molar-refractivity contribution in [2.45, 2.75) is 32.6 Å². The van der Waals surface area contributed by atoms with Gasteiger partial charge in [0, 0.05) is 5.92 Å². The zero-order valence-corrected chi connectivity index (χ0v) is 13.1. The van der Waals surface area contributed by atoms with Crippen molar-refractivity contribution in [2.75, 3.05) is 13.1 Å². The van der Waals surface area contributed by atoms with Crippen LogP contribution in [0.5, 0.6) is 0 Å². The first-order valence-corrected chi connectivity index (χ1v) is 8.09. The quantitative estimate of drug-likeness (QED) is 0.876. The highest BCUT2D eigenvalue weighted by Gasteiger charge is 2.28. The van der Waals surface area contributed by atoms with Gasteiger partial charge >= 0.3 is 0 Å². The molecule has 1 N–H and O–H groups in total. The molecule has 2 aromatic carbocycles. The van der Waals surface area contributed by atoms with E-state index in [1.165, 1.54) is 35.1 Å². The zero-order chi connectivity index (χ0) is 14.7. The van der Waals surface area contributed by atoms with E-state index in [4.69, 9.17) is 0 Å². The van der Waals surface area contributed by atoms with Crippen LogP contribution in [0.3, 0.4) is 0 Å².